The molecule has 1 fully saturated rings. The van der Waals surface area contributed by atoms with Crippen molar-refractivity contribution in [2.24, 2.45) is 18.7 Å². The second-order valence-corrected chi connectivity index (χ2v) is 5.97. The van der Waals surface area contributed by atoms with Crippen LogP contribution in [0.5, 0.6) is 0 Å². The molecule has 1 saturated carbocycles. The molecule has 114 valence electrons. The van der Waals surface area contributed by atoms with Gasteiger partial charge in [-0.3, -0.25) is 0 Å². The van der Waals surface area contributed by atoms with Gasteiger partial charge in [0.2, 0.25) is 0 Å². The Morgan fingerprint density at radius 1 is 1.40 bits per heavy atom. The summed E-state index contributed by atoms with van der Waals surface area (Å²) < 4.78 is 8.06. The molecule has 0 bridgehead atoms. The van der Waals surface area contributed by atoms with E-state index < -0.39 is 0 Å². The van der Waals surface area contributed by atoms with Gasteiger partial charge in [0, 0.05) is 38.5 Å². The third-order valence-electron chi connectivity index (χ3n) is 4.52. The lowest BCUT2D eigenvalue weighted by molar-refractivity contribution is -0.0108. The van der Waals surface area contributed by atoms with Crippen molar-refractivity contribution in [1.82, 2.24) is 9.55 Å². The molecule has 1 aliphatic rings. The Balaban J connectivity index is 1.88. The van der Waals surface area contributed by atoms with Crippen LogP contribution in [0.1, 0.15) is 51.3 Å². The lowest BCUT2D eigenvalue weighted by Crippen LogP contribution is -2.43. The minimum Gasteiger partial charge on any atom is -0.377 e. The molecule has 0 radical (unpaired) electrons. The molecule has 1 aliphatic carbocycles. The van der Waals surface area contributed by atoms with Crippen LogP contribution in [0.15, 0.2) is 12.4 Å². The molecular weight excluding hydrogens is 250 g/mol. The highest BCUT2D eigenvalue weighted by atomic mass is 16.5. The molecule has 0 saturated heterocycles. The van der Waals surface area contributed by atoms with Crippen molar-refractivity contribution in [3.05, 3.63) is 18.2 Å². The van der Waals surface area contributed by atoms with Crippen LogP contribution in [-0.2, 0) is 18.2 Å². The molecule has 0 spiro atoms. The van der Waals surface area contributed by atoms with Crippen LogP contribution in [-0.4, -0.2) is 28.3 Å². The number of aryl methyl sites for hydroxylation is 2. The van der Waals surface area contributed by atoms with E-state index in [1.54, 1.807) is 0 Å². The summed E-state index contributed by atoms with van der Waals surface area (Å²) in [7, 11) is 2.04. The van der Waals surface area contributed by atoms with E-state index in [0.29, 0.717) is 5.92 Å². The molecule has 2 rings (SSSR count). The average Bonchev–Trinajstić information content (AvgIpc) is 2.88. The lowest BCUT2D eigenvalue weighted by atomic mass is 9.82. The molecule has 4 nitrogen and oxygen atoms in total. The molecule has 1 aromatic heterocycles. The Kier molecular flexibility index (Phi) is 6.05. The second-order valence-electron chi connectivity index (χ2n) is 5.97. The highest BCUT2D eigenvalue weighted by Crippen LogP contribution is 2.30. The SMILES string of the molecule is CCOC(C(N)CCc1nccn1C)C1CCCCC1. The van der Waals surface area contributed by atoms with Gasteiger partial charge in [0.15, 0.2) is 0 Å². The molecule has 2 unspecified atom stereocenters. The van der Waals surface area contributed by atoms with E-state index in [0.717, 1.165) is 25.3 Å². The molecule has 0 aliphatic heterocycles. The van der Waals surface area contributed by atoms with E-state index in [1.165, 1.54) is 32.1 Å². The molecule has 1 aromatic rings. The summed E-state index contributed by atoms with van der Waals surface area (Å²) in [5.74, 6) is 1.76. The Hall–Kier alpha value is -0.870. The number of hydrogen-bond donors (Lipinski definition) is 1. The summed E-state index contributed by atoms with van der Waals surface area (Å²) in [6, 6.07) is 0.120. The third kappa shape index (κ3) is 4.06. The fourth-order valence-electron chi connectivity index (χ4n) is 3.36. The third-order valence-corrected chi connectivity index (χ3v) is 4.52. The van der Waals surface area contributed by atoms with E-state index in [4.69, 9.17) is 10.5 Å². The number of hydrogen-bond acceptors (Lipinski definition) is 3. The number of ether oxygens (including phenoxy) is 1. The van der Waals surface area contributed by atoms with Crippen molar-refractivity contribution in [2.75, 3.05) is 6.61 Å². The van der Waals surface area contributed by atoms with E-state index in [9.17, 15) is 0 Å². The maximum atomic E-state index is 6.44. The van der Waals surface area contributed by atoms with Crippen LogP contribution < -0.4 is 5.73 Å². The molecule has 0 amide bonds. The van der Waals surface area contributed by atoms with Crippen molar-refractivity contribution in [1.29, 1.82) is 0 Å². The Labute approximate surface area is 122 Å². The normalized spacial score (nSPS) is 19.9. The summed E-state index contributed by atoms with van der Waals surface area (Å²) in [5, 5.41) is 0. The van der Waals surface area contributed by atoms with Crippen molar-refractivity contribution < 1.29 is 4.74 Å². The second kappa shape index (κ2) is 7.79. The standard InChI is InChI=1S/C16H29N3O/c1-3-20-16(13-7-5-4-6-8-13)14(17)9-10-15-18-11-12-19(15)2/h11-14,16H,3-10,17H2,1-2H3. The van der Waals surface area contributed by atoms with Gasteiger partial charge in [0.1, 0.15) is 5.82 Å². The lowest BCUT2D eigenvalue weighted by Gasteiger charge is -2.34. The van der Waals surface area contributed by atoms with Crippen LogP contribution in [0.4, 0.5) is 0 Å². The summed E-state index contributed by atoms with van der Waals surface area (Å²) in [4.78, 5) is 4.37. The predicted octanol–water partition coefficient (Wildman–Crippen LogP) is 2.67. The summed E-state index contributed by atoms with van der Waals surface area (Å²) >= 11 is 0. The molecule has 4 heteroatoms. The Morgan fingerprint density at radius 3 is 2.75 bits per heavy atom. The predicted molar refractivity (Wildman–Crippen MR) is 81.5 cm³/mol. The Morgan fingerprint density at radius 2 is 2.15 bits per heavy atom. The van der Waals surface area contributed by atoms with Gasteiger partial charge in [-0.2, -0.15) is 0 Å². The molecule has 1 heterocycles. The van der Waals surface area contributed by atoms with Gasteiger partial charge < -0.3 is 15.0 Å². The van der Waals surface area contributed by atoms with Crippen molar-refractivity contribution in [3.63, 3.8) is 0 Å². The molecule has 2 atom stereocenters. The zero-order chi connectivity index (χ0) is 14.4. The Bertz CT molecular complexity index is 385. The van der Waals surface area contributed by atoms with Crippen LogP contribution in [0, 0.1) is 5.92 Å². The smallest absolute Gasteiger partial charge is 0.108 e. The summed E-state index contributed by atoms with van der Waals surface area (Å²) in [6.45, 7) is 2.83. The first-order valence-corrected chi connectivity index (χ1v) is 8.05. The quantitative estimate of drug-likeness (QED) is 0.835. The maximum Gasteiger partial charge on any atom is 0.108 e. The maximum absolute atomic E-state index is 6.44. The highest BCUT2D eigenvalue weighted by Gasteiger charge is 2.29. The van der Waals surface area contributed by atoms with Crippen molar-refractivity contribution in [2.45, 2.75) is 64.0 Å². The summed E-state index contributed by atoms with van der Waals surface area (Å²) in [6.07, 6.45) is 12.5. The van der Waals surface area contributed by atoms with Crippen molar-refractivity contribution in [3.8, 4) is 0 Å². The monoisotopic (exact) mass is 279 g/mol. The molecular formula is C16H29N3O. The summed E-state index contributed by atoms with van der Waals surface area (Å²) in [5.41, 5.74) is 6.44. The largest absolute Gasteiger partial charge is 0.377 e. The first-order valence-electron chi connectivity index (χ1n) is 8.05. The number of rotatable bonds is 7. The minimum absolute atomic E-state index is 0.120. The first-order chi connectivity index (χ1) is 9.72. The van der Waals surface area contributed by atoms with Gasteiger partial charge in [0.05, 0.1) is 6.10 Å². The van der Waals surface area contributed by atoms with E-state index in [2.05, 4.69) is 16.5 Å². The fourth-order valence-corrected chi connectivity index (χ4v) is 3.36. The molecule has 0 aromatic carbocycles. The van der Waals surface area contributed by atoms with Crippen LogP contribution >= 0.6 is 0 Å². The van der Waals surface area contributed by atoms with E-state index in [-0.39, 0.29) is 12.1 Å². The van der Waals surface area contributed by atoms with Gasteiger partial charge in [0.25, 0.3) is 0 Å². The van der Waals surface area contributed by atoms with Gasteiger partial charge in [-0.1, -0.05) is 19.3 Å². The number of aromatic nitrogens is 2. The van der Waals surface area contributed by atoms with Crippen LogP contribution in [0.25, 0.3) is 0 Å². The fraction of sp³-hybridized carbons (Fsp3) is 0.812. The van der Waals surface area contributed by atoms with Crippen molar-refractivity contribution >= 4 is 0 Å². The zero-order valence-electron chi connectivity index (χ0n) is 12.9. The van der Waals surface area contributed by atoms with E-state index in [1.807, 2.05) is 19.4 Å². The number of imidazole rings is 1. The minimum atomic E-state index is 0.120. The van der Waals surface area contributed by atoms with Gasteiger partial charge in [-0.15, -0.1) is 0 Å². The first kappa shape index (κ1) is 15.5. The highest BCUT2D eigenvalue weighted by molar-refractivity contribution is 4.93. The number of nitrogens with two attached hydrogens (primary N) is 1. The van der Waals surface area contributed by atoms with Crippen LogP contribution in [0.3, 0.4) is 0 Å². The van der Waals surface area contributed by atoms with Gasteiger partial charge >= 0.3 is 0 Å². The van der Waals surface area contributed by atoms with Gasteiger partial charge in [-0.25, -0.2) is 4.98 Å². The average molecular weight is 279 g/mol. The zero-order valence-corrected chi connectivity index (χ0v) is 12.9. The van der Waals surface area contributed by atoms with Gasteiger partial charge in [-0.05, 0) is 32.1 Å². The topological polar surface area (TPSA) is 53.1 Å². The number of nitrogens with zero attached hydrogens (tertiary/aromatic N) is 2. The van der Waals surface area contributed by atoms with Crippen LogP contribution in [0.2, 0.25) is 0 Å². The molecule has 20 heavy (non-hydrogen) atoms. The molecule has 2 N–H and O–H groups in total. The van der Waals surface area contributed by atoms with E-state index >= 15 is 0 Å².